The first-order valence-electron chi connectivity index (χ1n) is 13.0. The number of halogens is 1. The Bertz CT molecular complexity index is 1580. The van der Waals surface area contributed by atoms with Crippen LogP contribution in [0.15, 0.2) is 72.8 Å². The molecule has 4 aromatic rings. The van der Waals surface area contributed by atoms with Gasteiger partial charge in [-0.1, -0.05) is 48.0 Å². The van der Waals surface area contributed by atoms with Gasteiger partial charge in [-0.25, -0.2) is 0 Å². The number of benzene rings is 3. The molecule has 1 fully saturated rings. The molecule has 2 aliphatic rings. The van der Waals surface area contributed by atoms with E-state index in [1.54, 1.807) is 44.4 Å². The lowest BCUT2D eigenvalue weighted by Gasteiger charge is -2.39. The Balaban J connectivity index is 1.54. The molecular formula is C31H29ClN4O3. The van der Waals surface area contributed by atoms with Crippen molar-refractivity contribution in [3.8, 4) is 5.75 Å². The standard InChI is InChI=1S/C31H29ClN4O3/c1-31(20-8-10-22(39-2)11-9-20)29(37)27-23(17-21(32)18-26(27)35-30(31)38)28(36-15-13-33-14-16-36)25-12-7-19-5-3-4-6-24(19)34-25/h3-12,17-18,28,33H,13-16H2,1-2H3,(H,35,38). The van der Waals surface area contributed by atoms with Crippen LogP contribution in [0, 0.1) is 0 Å². The van der Waals surface area contributed by atoms with Crippen molar-refractivity contribution in [2.75, 3.05) is 38.6 Å². The first kappa shape index (κ1) is 25.5. The fourth-order valence-electron chi connectivity index (χ4n) is 5.70. The van der Waals surface area contributed by atoms with Gasteiger partial charge in [0.15, 0.2) is 5.78 Å². The van der Waals surface area contributed by atoms with E-state index in [1.165, 1.54) is 0 Å². The predicted molar refractivity (Wildman–Crippen MR) is 153 cm³/mol. The monoisotopic (exact) mass is 540 g/mol. The van der Waals surface area contributed by atoms with E-state index in [9.17, 15) is 9.59 Å². The number of fused-ring (bicyclic) bond motifs is 2. The second kappa shape index (κ2) is 10.1. The van der Waals surface area contributed by atoms with Gasteiger partial charge in [-0.05, 0) is 54.4 Å². The first-order chi connectivity index (χ1) is 18.9. The molecule has 0 spiro atoms. The number of para-hydroxylation sites is 1. The van der Waals surface area contributed by atoms with Crippen LogP contribution in [-0.4, -0.2) is 54.9 Å². The van der Waals surface area contributed by atoms with Crippen LogP contribution in [0.25, 0.3) is 10.9 Å². The first-order valence-corrected chi connectivity index (χ1v) is 13.4. The van der Waals surface area contributed by atoms with Gasteiger partial charge in [0.1, 0.15) is 11.2 Å². The fraction of sp³-hybridized carbons (Fsp3) is 0.258. The number of pyridine rings is 1. The van der Waals surface area contributed by atoms with Crippen LogP contribution in [0.2, 0.25) is 5.02 Å². The smallest absolute Gasteiger partial charge is 0.242 e. The number of ether oxygens (including phenoxy) is 1. The Hall–Kier alpha value is -3.78. The summed E-state index contributed by atoms with van der Waals surface area (Å²) in [4.78, 5) is 35.4. The van der Waals surface area contributed by atoms with Crippen molar-refractivity contribution >= 4 is 39.9 Å². The minimum Gasteiger partial charge on any atom is -0.497 e. The highest BCUT2D eigenvalue weighted by atomic mass is 35.5. The highest BCUT2D eigenvalue weighted by Crippen LogP contribution is 2.44. The molecule has 2 unspecified atom stereocenters. The van der Waals surface area contributed by atoms with Crippen molar-refractivity contribution in [2.45, 2.75) is 18.4 Å². The minimum absolute atomic E-state index is 0.265. The maximum Gasteiger partial charge on any atom is 0.242 e. The van der Waals surface area contributed by atoms with Crippen molar-refractivity contribution in [3.63, 3.8) is 0 Å². The SMILES string of the molecule is COc1ccc(C2(C)C(=O)Nc3cc(Cl)cc(C(c4ccc5ccccc5n4)N4CCNCC4)c3C2=O)cc1. The number of ketones is 1. The number of amides is 1. The van der Waals surface area contributed by atoms with E-state index >= 15 is 0 Å². The molecule has 0 aliphatic carbocycles. The van der Waals surface area contributed by atoms with Crippen molar-refractivity contribution < 1.29 is 14.3 Å². The molecule has 3 heterocycles. The Morgan fingerprint density at radius 3 is 2.49 bits per heavy atom. The molecule has 0 saturated carbocycles. The number of nitrogens with one attached hydrogen (secondary N) is 2. The summed E-state index contributed by atoms with van der Waals surface area (Å²) in [5, 5.41) is 7.91. The number of methoxy groups -OCH3 is 1. The molecule has 2 aliphatic heterocycles. The van der Waals surface area contributed by atoms with Crippen molar-refractivity contribution in [3.05, 3.63) is 100 Å². The van der Waals surface area contributed by atoms with Gasteiger partial charge in [-0.3, -0.25) is 19.5 Å². The zero-order chi connectivity index (χ0) is 27.1. The molecular weight excluding hydrogens is 512 g/mol. The molecule has 8 heteroatoms. The largest absolute Gasteiger partial charge is 0.497 e. The summed E-state index contributed by atoms with van der Waals surface area (Å²) in [6, 6.07) is 22.3. The van der Waals surface area contributed by atoms with E-state index in [4.69, 9.17) is 21.3 Å². The van der Waals surface area contributed by atoms with Crippen LogP contribution < -0.4 is 15.4 Å². The van der Waals surface area contributed by atoms with Gasteiger partial charge in [0.25, 0.3) is 0 Å². The van der Waals surface area contributed by atoms with E-state index in [1.807, 2.05) is 36.4 Å². The topological polar surface area (TPSA) is 83.6 Å². The normalized spacial score (nSPS) is 20.4. The maximum atomic E-state index is 14.5. The maximum absolute atomic E-state index is 14.5. The number of Topliss-reactive ketones (excluding diaryl/α,β-unsaturated/α-hetero) is 1. The second-order valence-electron chi connectivity index (χ2n) is 10.2. The number of carbonyl (C=O) groups excluding carboxylic acids is 2. The summed E-state index contributed by atoms with van der Waals surface area (Å²) in [6.45, 7) is 4.87. The number of aromatic nitrogens is 1. The van der Waals surface area contributed by atoms with Crippen molar-refractivity contribution in [2.24, 2.45) is 0 Å². The highest BCUT2D eigenvalue weighted by Gasteiger charge is 2.49. The minimum atomic E-state index is -1.42. The number of hydrogen-bond donors (Lipinski definition) is 2. The van der Waals surface area contributed by atoms with Gasteiger partial charge >= 0.3 is 0 Å². The third kappa shape index (κ3) is 4.36. The van der Waals surface area contributed by atoms with Gasteiger partial charge in [-0.2, -0.15) is 0 Å². The molecule has 2 N–H and O–H groups in total. The summed E-state index contributed by atoms with van der Waals surface area (Å²) in [5.41, 5.74) is 2.53. The third-order valence-corrected chi connectivity index (χ3v) is 8.11. The van der Waals surface area contributed by atoms with E-state index in [2.05, 4.69) is 21.6 Å². The highest BCUT2D eigenvalue weighted by molar-refractivity contribution is 6.33. The summed E-state index contributed by atoms with van der Waals surface area (Å²) in [6.07, 6.45) is 0. The van der Waals surface area contributed by atoms with Crippen molar-refractivity contribution in [1.29, 1.82) is 0 Å². The molecule has 39 heavy (non-hydrogen) atoms. The Kier molecular flexibility index (Phi) is 6.59. The van der Waals surface area contributed by atoms with E-state index in [0.717, 1.165) is 48.3 Å². The number of carbonyl (C=O) groups is 2. The van der Waals surface area contributed by atoms with Gasteiger partial charge in [0, 0.05) is 42.2 Å². The molecule has 0 radical (unpaired) electrons. The Morgan fingerprint density at radius 2 is 1.74 bits per heavy atom. The average molecular weight is 541 g/mol. The van der Waals surface area contributed by atoms with Crippen LogP contribution in [0.1, 0.15) is 40.1 Å². The Labute approximate surface area is 232 Å². The van der Waals surface area contributed by atoms with E-state index < -0.39 is 5.41 Å². The third-order valence-electron chi connectivity index (χ3n) is 7.90. The summed E-state index contributed by atoms with van der Waals surface area (Å²) in [5.74, 6) is -0.0000173. The summed E-state index contributed by atoms with van der Waals surface area (Å²) < 4.78 is 5.29. The molecule has 0 bridgehead atoms. The number of hydrogen-bond acceptors (Lipinski definition) is 6. The zero-order valence-corrected chi connectivity index (χ0v) is 22.6. The molecule has 2 atom stereocenters. The lowest BCUT2D eigenvalue weighted by Crippen LogP contribution is -2.50. The van der Waals surface area contributed by atoms with Crippen LogP contribution in [-0.2, 0) is 10.2 Å². The molecule has 1 amide bonds. The van der Waals surface area contributed by atoms with Gasteiger partial charge in [0.2, 0.25) is 5.91 Å². The van der Waals surface area contributed by atoms with Gasteiger partial charge < -0.3 is 15.4 Å². The van der Waals surface area contributed by atoms with Crippen LogP contribution >= 0.6 is 11.6 Å². The lowest BCUT2D eigenvalue weighted by atomic mass is 9.71. The predicted octanol–water partition coefficient (Wildman–Crippen LogP) is 4.98. The Morgan fingerprint density at radius 1 is 1.00 bits per heavy atom. The fourth-order valence-corrected chi connectivity index (χ4v) is 5.93. The van der Waals surface area contributed by atoms with E-state index in [0.29, 0.717) is 27.6 Å². The molecule has 3 aromatic carbocycles. The second-order valence-corrected chi connectivity index (χ2v) is 10.6. The number of anilines is 1. The average Bonchev–Trinajstić information content (AvgIpc) is 2.96. The zero-order valence-electron chi connectivity index (χ0n) is 21.8. The molecule has 6 rings (SSSR count). The van der Waals surface area contributed by atoms with Crippen molar-refractivity contribution in [1.82, 2.24) is 15.2 Å². The summed E-state index contributed by atoms with van der Waals surface area (Å²) in [7, 11) is 1.58. The van der Waals surface area contributed by atoms with Crippen LogP contribution in [0.5, 0.6) is 5.75 Å². The number of rotatable bonds is 5. The van der Waals surface area contributed by atoms with Gasteiger partial charge in [0.05, 0.1) is 30.0 Å². The van der Waals surface area contributed by atoms with E-state index in [-0.39, 0.29) is 17.7 Å². The molecule has 198 valence electrons. The number of piperazine rings is 1. The van der Waals surface area contributed by atoms with Gasteiger partial charge in [-0.15, -0.1) is 0 Å². The summed E-state index contributed by atoms with van der Waals surface area (Å²) >= 11 is 6.64. The molecule has 1 saturated heterocycles. The lowest BCUT2D eigenvalue weighted by molar-refractivity contribution is -0.119. The van der Waals surface area contributed by atoms with Crippen LogP contribution in [0.3, 0.4) is 0 Å². The molecule has 7 nitrogen and oxygen atoms in total. The molecule has 1 aromatic heterocycles. The number of nitrogens with zero attached hydrogens (tertiary/aromatic N) is 2. The van der Waals surface area contributed by atoms with Crippen LogP contribution in [0.4, 0.5) is 5.69 Å². The quantitative estimate of drug-likeness (QED) is 0.347.